The lowest BCUT2D eigenvalue weighted by Gasteiger charge is -2.19. The fourth-order valence-electron chi connectivity index (χ4n) is 1.45. The number of nitrogens with two attached hydrogens (primary N) is 1. The monoisotopic (exact) mass is 261 g/mol. The van der Waals surface area contributed by atoms with Crippen molar-refractivity contribution in [2.75, 3.05) is 11.5 Å². The van der Waals surface area contributed by atoms with E-state index < -0.39 is 12.2 Å². The van der Waals surface area contributed by atoms with Crippen molar-refractivity contribution in [3.63, 3.8) is 0 Å². The highest BCUT2D eigenvalue weighted by Gasteiger charge is 2.21. The van der Waals surface area contributed by atoms with Crippen molar-refractivity contribution in [3.05, 3.63) is 28.3 Å². The van der Waals surface area contributed by atoms with E-state index in [1.807, 2.05) is 0 Å². The lowest BCUT2D eigenvalue weighted by molar-refractivity contribution is 0.0173. The van der Waals surface area contributed by atoms with Gasteiger partial charge in [-0.05, 0) is 30.7 Å². The summed E-state index contributed by atoms with van der Waals surface area (Å²) >= 11 is 10.1. The molecule has 16 heavy (non-hydrogen) atoms. The Morgan fingerprint density at radius 3 is 2.62 bits per heavy atom. The molecule has 0 aliphatic rings. The predicted molar refractivity (Wildman–Crippen MR) is 70.0 cm³/mol. The lowest BCUT2D eigenvalue weighted by atomic mass is 10.00. The molecule has 0 bridgehead atoms. The van der Waals surface area contributed by atoms with Crippen molar-refractivity contribution in [3.8, 4) is 0 Å². The van der Waals surface area contributed by atoms with Crippen molar-refractivity contribution in [2.24, 2.45) is 0 Å². The molecular formula is C11H16ClNO2S. The van der Waals surface area contributed by atoms with Gasteiger partial charge in [0.25, 0.3) is 0 Å². The van der Waals surface area contributed by atoms with Crippen LogP contribution in [0.5, 0.6) is 0 Å². The van der Waals surface area contributed by atoms with Gasteiger partial charge < -0.3 is 15.9 Å². The predicted octanol–water partition coefficient (Wildman–Crippen LogP) is 1.94. The zero-order valence-electron chi connectivity index (χ0n) is 9.02. The van der Waals surface area contributed by atoms with Gasteiger partial charge in [-0.15, -0.1) is 0 Å². The van der Waals surface area contributed by atoms with Gasteiger partial charge >= 0.3 is 0 Å². The molecule has 90 valence electrons. The van der Waals surface area contributed by atoms with Crippen LogP contribution in [0.3, 0.4) is 0 Å². The Hall–Kier alpha value is -0.420. The normalized spacial score (nSPS) is 14.8. The smallest absolute Gasteiger partial charge is 0.106 e. The second-order valence-electron chi connectivity index (χ2n) is 3.71. The zero-order chi connectivity index (χ0) is 12.3. The van der Waals surface area contributed by atoms with Gasteiger partial charge in [0, 0.05) is 11.3 Å². The number of thiol groups is 1. The zero-order valence-corrected chi connectivity index (χ0v) is 10.7. The van der Waals surface area contributed by atoms with E-state index in [9.17, 15) is 10.2 Å². The van der Waals surface area contributed by atoms with Crippen molar-refractivity contribution in [1.29, 1.82) is 0 Å². The molecule has 0 aromatic heterocycles. The first kappa shape index (κ1) is 13.6. The van der Waals surface area contributed by atoms with Gasteiger partial charge in [0.05, 0.1) is 11.1 Å². The average molecular weight is 262 g/mol. The van der Waals surface area contributed by atoms with Crippen LogP contribution in [0, 0.1) is 6.92 Å². The molecule has 0 saturated carbocycles. The maximum atomic E-state index is 9.91. The van der Waals surface area contributed by atoms with Crippen LogP contribution < -0.4 is 5.73 Å². The van der Waals surface area contributed by atoms with Gasteiger partial charge in [-0.25, -0.2) is 0 Å². The quantitative estimate of drug-likeness (QED) is 0.495. The first-order valence-electron chi connectivity index (χ1n) is 5.00. The number of rotatable bonds is 4. The lowest BCUT2D eigenvalue weighted by Crippen LogP contribution is -2.19. The molecule has 0 amide bonds. The van der Waals surface area contributed by atoms with Gasteiger partial charge in [0.1, 0.15) is 6.10 Å². The Balaban J connectivity index is 3.00. The summed E-state index contributed by atoms with van der Waals surface area (Å²) in [6, 6.07) is 3.31. The van der Waals surface area contributed by atoms with Crippen LogP contribution in [0.15, 0.2) is 12.1 Å². The first-order chi connectivity index (χ1) is 7.49. The third-order valence-corrected chi connectivity index (χ3v) is 3.33. The maximum Gasteiger partial charge on any atom is 0.106 e. The summed E-state index contributed by atoms with van der Waals surface area (Å²) in [5, 5.41) is 20.0. The number of aliphatic hydroxyl groups excluding tert-OH is 2. The summed E-state index contributed by atoms with van der Waals surface area (Å²) in [7, 11) is 0. The average Bonchev–Trinajstić information content (AvgIpc) is 2.26. The summed E-state index contributed by atoms with van der Waals surface area (Å²) < 4.78 is 0. The molecule has 3 nitrogen and oxygen atoms in total. The van der Waals surface area contributed by atoms with E-state index in [-0.39, 0.29) is 0 Å². The molecule has 0 fully saturated rings. The molecular weight excluding hydrogens is 246 g/mol. The molecule has 1 aromatic rings. The van der Waals surface area contributed by atoms with E-state index in [4.69, 9.17) is 17.3 Å². The number of anilines is 1. The minimum atomic E-state index is -1.00. The summed E-state index contributed by atoms with van der Waals surface area (Å²) in [4.78, 5) is 0. The van der Waals surface area contributed by atoms with Gasteiger partial charge in [-0.1, -0.05) is 17.7 Å². The highest BCUT2D eigenvalue weighted by molar-refractivity contribution is 7.80. The van der Waals surface area contributed by atoms with Crippen LogP contribution in [0.4, 0.5) is 5.69 Å². The Bertz CT molecular complexity index is 373. The number of aliphatic hydroxyl groups is 2. The van der Waals surface area contributed by atoms with Crippen LogP contribution in [0.1, 0.15) is 23.7 Å². The molecule has 5 heteroatoms. The number of hydrogen-bond acceptors (Lipinski definition) is 4. The largest absolute Gasteiger partial charge is 0.398 e. The minimum absolute atomic E-state index is 0.407. The van der Waals surface area contributed by atoms with Crippen LogP contribution in [-0.2, 0) is 0 Å². The van der Waals surface area contributed by atoms with Crippen molar-refractivity contribution >= 4 is 29.9 Å². The molecule has 2 unspecified atom stereocenters. The van der Waals surface area contributed by atoms with Crippen LogP contribution in [0.25, 0.3) is 0 Å². The Morgan fingerprint density at radius 2 is 2.06 bits per heavy atom. The summed E-state index contributed by atoms with van der Waals surface area (Å²) in [6.45, 7) is 1.78. The SMILES string of the molecule is Cc1c(N)ccc(C(O)C(O)CCS)c1Cl. The third-order valence-electron chi connectivity index (χ3n) is 2.57. The Morgan fingerprint density at radius 1 is 1.44 bits per heavy atom. The number of halogens is 1. The molecule has 0 spiro atoms. The van der Waals surface area contributed by atoms with E-state index in [1.54, 1.807) is 19.1 Å². The van der Waals surface area contributed by atoms with Gasteiger partial charge in [0.2, 0.25) is 0 Å². The highest BCUT2D eigenvalue weighted by atomic mass is 35.5. The molecule has 0 saturated heterocycles. The Kier molecular flexibility index (Phi) is 4.92. The van der Waals surface area contributed by atoms with E-state index >= 15 is 0 Å². The van der Waals surface area contributed by atoms with E-state index in [1.165, 1.54) is 0 Å². The molecule has 0 aliphatic carbocycles. The fourth-order valence-corrected chi connectivity index (χ4v) is 2.00. The molecule has 0 radical (unpaired) electrons. The van der Waals surface area contributed by atoms with Crippen LogP contribution >= 0.6 is 24.2 Å². The van der Waals surface area contributed by atoms with E-state index in [0.29, 0.717) is 28.4 Å². The molecule has 1 rings (SSSR count). The van der Waals surface area contributed by atoms with Crippen LogP contribution in [-0.4, -0.2) is 22.1 Å². The molecule has 1 aromatic carbocycles. The first-order valence-corrected chi connectivity index (χ1v) is 6.01. The summed E-state index contributed by atoms with van der Waals surface area (Å²) in [5.41, 5.74) is 7.48. The molecule has 2 atom stereocenters. The van der Waals surface area contributed by atoms with Crippen molar-refractivity contribution < 1.29 is 10.2 Å². The second kappa shape index (κ2) is 5.77. The van der Waals surface area contributed by atoms with Gasteiger partial charge in [-0.3, -0.25) is 0 Å². The van der Waals surface area contributed by atoms with E-state index in [0.717, 1.165) is 5.56 Å². The van der Waals surface area contributed by atoms with Crippen LogP contribution in [0.2, 0.25) is 5.02 Å². The minimum Gasteiger partial charge on any atom is -0.398 e. The van der Waals surface area contributed by atoms with Gasteiger partial charge in [-0.2, -0.15) is 12.6 Å². The van der Waals surface area contributed by atoms with Crippen molar-refractivity contribution in [1.82, 2.24) is 0 Å². The van der Waals surface area contributed by atoms with E-state index in [2.05, 4.69) is 12.6 Å². The second-order valence-corrected chi connectivity index (χ2v) is 4.53. The number of hydrogen-bond donors (Lipinski definition) is 4. The number of benzene rings is 1. The highest BCUT2D eigenvalue weighted by Crippen LogP contribution is 2.31. The van der Waals surface area contributed by atoms with Gasteiger partial charge in [0.15, 0.2) is 0 Å². The summed E-state index contributed by atoms with van der Waals surface area (Å²) in [6.07, 6.45) is -1.46. The molecule has 4 N–H and O–H groups in total. The standard InChI is InChI=1S/C11H16ClNO2S/c1-6-8(13)3-2-7(10(6)12)11(15)9(14)4-5-16/h2-3,9,11,14-16H,4-5,13H2,1H3. The fraction of sp³-hybridized carbons (Fsp3) is 0.455. The molecule has 0 aliphatic heterocycles. The van der Waals surface area contributed by atoms with Crippen molar-refractivity contribution in [2.45, 2.75) is 25.6 Å². The summed E-state index contributed by atoms with van der Waals surface area (Å²) in [5.74, 6) is 0.504. The molecule has 0 heterocycles. The number of nitrogen functional groups attached to an aromatic ring is 1. The maximum absolute atomic E-state index is 9.91. The topological polar surface area (TPSA) is 66.5 Å². The third kappa shape index (κ3) is 2.83. The Labute approximate surface area is 106 Å².